The van der Waals surface area contributed by atoms with Crippen LogP contribution in [0.5, 0.6) is 0 Å². The third-order valence-electron chi connectivity index (χ3n) is 0.809. The molecule has 11 heavy (non-hydrogen) atoms. The third-order valence-corrected chi connectivity index (χ3v) is 2.28. The van der Waals surface area contributed by atoms with Gasteiger partial charge in [-0.15, -0.1) is 0 Å². The van der Waals surface area contributed by atoms with E-state index in [2.05, 4.69) is 31.9 Å². The van der Waals surface area contributed by atoms with Crippen LogP contribution in [0.25, 0.3) is 0 Å². The second-order valence-corrected chi connectivity index (χ2v) is 3.00. The van der Waals surface area contributed by atoms with Gasteiger partial charge in [0, 0.05) is 6.61 Å². The van der Waals surface area contributed by atoms with Gasteiger partial charge < -0.3 is 9.47 Å². The summed E-state index contributed by atoms with van der Waals surface area (Å²) in [5.74, 6) is 0. The van der Waals surface area contributed by atoms with Gasteiger partial charge in [-0.25, -0.2) is 0 Å². The largest absolute Gasteiger partial charge is 0.481 e. The van der Waals surface area contributed by atoms with Crippen LogP contribution in [0, 0.1) is 0 Å². The minimum absolute atomic E-state index is 0.0669. The highest BCUT2D eigenvalue weighted by molar-refractivity contribution is 9.14. The molecule has 0 aliphatic heterocycles. The van der Waals surface area contributed by atoms with E-state index in [0.717, 1.165) is 0 Å². The van der Waals surface area contributed by atoms with Gasteiger partial charge in [-0.1, -0.05) is 0 Å². The standard InChI is InChI=1S/C6H9Br2FO2/c1-2-10-3-4-11-6(8)5(7)9/h2-4H2,1H3/b6-5-. The molecule has 66 valence electrons. The van der Waals surface area contributed by atoms with E-state index in [1.807, 2.05) is 6.92 Å². The molecule has 0 N–H and O–H groups in total. The molecule has 0 aromatic carbocycles. The van der Waals surface area contributed by atoms with Crippen molar-refractivity contribution in [3.05, 3.63) is 9.40 Å². The summed E-state index contributed by atoms with van der Waals surface area (Å²) in [5.41, 5.74) is 0. The van der Waals surface area contributed by atoms with Crippen LogP contribution in [-0.2, 0) is 9.47 Å². The maximum Gasteiger partial charge on any atom is 0.214 e. The van der Waals surface area contributed by atoms with Gasteiger partial charge in [-0.05, 0) is 38.8 Å². The molecular formula is C6H9Br2FO2. The van der Waals surface area contributed by atoms with Gasteiger partial charge in [0.2, 0.25) is 9.40 Å². The van der Waals surface area contributed by atoms with Gasteiger partial charge in [0.25, 0.3) is 0 Å². The average molecular weight is 292 g/mol. The molecule has 0 bridgehead atoms. The van der Waals surface area contributed by atoms with Crippen LogP contribution in [0.2, 0.25) is 0 Å². The van der Waals surface area contributed by atoms with Gasteiger partial charge in [0.05, 0.1) is 6.61 Å². The van der Waals surface area contributed by atoms with Crippen molar-refractivity contribution in [3.8, 4) is 0 Å². The maximum absolute atomic E-state index is 12.2. The van der Waals surface area contributed by atoms with Crippen LogP contribution in [0.4, 0.5) is 4.39 Å². The molecule has 0 saturated carbocycles. The van der Waals surface area contributed by atoms with Crippen LogP contribution in [0.3, 0.4) is 0 Å². The minimum Gasteiger partial charge on any atom is -0.481 e. The van der Waals surface area contributed by atoms with Crippen molar-refractivity contribution in [1.29, 1.82) is 0 Å². The van der Waals surface area contributed by atoms with Gasteiger partial charge in [-0.3, -0.25) is 0 Å². The topological polar surface area (TPSA) is 18.5 Å². The summed E-state index contributed by atoms with van der Waals surface area (Å²) in [5, 5.41) is 0. The SMILES string of the molecule is CCOCCO/C(Br)=C(\F)Br. The minimum atomic E-state index is -0.547. The van der Waals surface area contributed by atoms with Crippen LogP contribution >= 0.6 is 31.9 Å². The van der Waals surface area contributed by atoms with E-state index >= 15 is 0 Å². The number of ether oxygens (including phenoxy) is 2. The molecule has 0 aromatic rings. The van der Waals surface area contributed by atoms with E-state index in [1.165, 1.54) is 0 Å². The van der Waals surface area contributed by atoms with Crippen molar-refractivity contribution in [2.75, 3.05) is 19.8 Å². The Bertz CT molecular complexity index is 135. The summed E-state index contributed by atoms with van der Waals surface area (Å²) in [6.45, 7) is 3.33. The first kappa shape index (κ1) is 11.4. The summed E-state index contributed by atoms with van der Waals surface area (Å²) >= 11 is 5.48. The van der Waals surface area contributed by atoms with E-state index in [4.69, 9.17) is 9.47 Å². The number of rotatable bonds is 5. The van der Waals surface area contributed by atoms with E-state index in [1.54, 1.807) is 0 Å². The fourth-order valence-corrected chi connectivity index (χ4v) is 0.665. The lowest BCUT2D eigenvalue weighted by molar-refractivity contribution is 0.0899. The van der Waals surface area contributed by atoms with E-state index in [0.29, 0.717) is 19.8 Å². The number of halogens is 3. The first-order valence-electron chi connectivity index (χ1n) is 3.09. The first-order valence-corrected chi connectivity index (χ1v) is 4.68. The highest BCUT2D eigenvalue weighted by Crippen LogP contribution is 2.19. The van der Waals surface area contributed by atoms with E-state index in [9.17, 15) is 4.39 Å². The highest BCUT2D eigenvalue weighted by atomic mass is 79.9. The zero-order valence-electron chi connectivity index (χ0n) is 6.07. The summed E-state index contributed by atoms with van der Waals surface area (Å²) in [7, 11) is 0. The predicted molar refractivity (Wildman–Crippen MR) is 48.4 cm³/mol. The molecule has 0 aliphatic carbocycles. The molecule has 0 atom stereocenters. The van der Waals surface area contributed by atoms with Gasteiger partial charge in [-0.2, -0.15) is 4.39 Å². The maximum atomic E-state index is 12.2. The molecule has 0 saturated heterocycles. The van der Waals surface area contributed by atoms with Crippen molar-refractivity contribution in [2.45, 2.75) is 6.92 Å². The summed E-state index contributed by atoms with van der Waals surface area (Å²) in [6.07, 6.45) is 0. The molecule has 0 rings (SSSR count). The smallest absolute Gasteiger partial charge is 0.214 e. The molecular weight excluding hydrogens is 283 g/mol. The summed E-state index contributed by atoms with van der Waals surface area (Å²) in [6, 6.07) is 0. The van der Waals surface area contributed by atoms with E-state index < -0.39 is 4.74 Å². The fourth-order valence-electron chi connectivity index (χ4n) is 0.389. The molecule has 0 aromatic heterocycles. The Morgan fingerprint density at radius 1 is 1.36 bits per heavy atom. The lowest BCUT2D eigenvalue weighted by Crippen LogP contribution is -2.01. The molecule has 0 fully saturated rings. The van der Waals surface area contributed by atoms with Crippen molar-refractivity contribution >= 4 is 31.9 Å². The number of hydrogen-bond acceptors (Lipinski definition) is 2. The van der Waals surface area contributed by atoms with Crippen LogP contribution < -0.4 is 0 Å². The molecule has 5 heteroatoms. The quantitative estimate of drug-likeness (QED) is 0.573. The van der Waals surface area contributed by atoms with Gasteiger partial charge in [0.1, 0.15) is 6.61 Å². The molecule has 0 amide bonds. The normalized spacial score (nSPS) is 12.7. The number of hydrogen-bond donors (Lipinski definition) is 0. The Balaban J connectivity index is 3.32. The average Bonchev–Trinajstić information content (AvgIpc) is 1.97. The third kappa shape index (κ3) is 6.77. The molecule has 0 spiro atoms. The zero-order valence-corrected chi connectivity index (χ0v) is 9.24. The van der Waals surface area contributed by atoms with E-state index in [-0.39, 0.29) is 4.67 Å². The zero-order chi connectivity index (χ0) is 8.69. The van der Waals surface area contributed by atoms with Crippen molar-refractivity contribution < 1.29 is 13.9 Å². The Kier molecular flexibility index (Phi) is 7.31. The van der Waals surface area contributed by atoms with Crippen LogP contribution in [0.1, 0.15) is 6.92 Å². The Labute approximate surface area is 82.0 Å². The van der Waals surface area contributed by atoms with Crippen LogP contribution in [-0.4, -0.2) is 19.8 Å². The van der Waals surface area contributed by atoms with Crippen molar-refractivity contribution in [3.63, 3.8) is 0 Å². The second kappa shape index (κ2) is 7.06. The van der Waals surface area contributed by atoms with Crippen molar-refractivity contribution in [2.24, 2.45) is 0 Å². The van der Waals surface area contributed by atoms with Crippen molar-refractivity contribution in [1.82, 2.24) is 0 Å². The summed E-state index contributed by atoms with van der Waals surface area (Å²) < 4.78 is 21.5. The fraction of sp³-hybridized carbons (Fsp3) is 0.667. The van der Waals surface area contributed by atoms with Gasteiger partial charge in [0.15, 0.2) is 0 Å². The molecule has 2 nitrogen and oxygen atoms in total. The molecule has 0 aliphatic rings. The Hall–Kier alpha value is 0.390. The van der Waals surface area contributed by atoms with Gasteiger partial charge >= 0.3 is 0 Å². The predicted octanol–water partition coefficient (Wildman–Crippen LogP) is 2.93. The second-order valence-electron chi connectivity index (χ2n) is 1.58. The summed E-state index contributed by atoms with van der Waals surface area (Å²) in [4.78, 5) is 0. The molecule has 0 heterocycles. The lowest BCUT2D eigenvalue weighted by atomic mass is 10.7. The lowest BCUT2D eigenvalue weighted by Gasteiger charge is -2.03. The Morgan fingerprint density at radius 3 is 2.45 bits per heavy atom. The molecule has 0 unspecified atom stereocenters. The Morgan fingerprint density at radius 2 is 2.00 bits per heavy atom. The molecule has 0 radical (unpaired) electrons. The monoisotopic (exact) mass is 290 g/mol. The van der Waals surface area contributed by atoms with Crippen LogP contribution in [0.15, 0.2) is 9.40 Å². The first-order chi connectivity index (χ1) is 5.18. The highest BCUT2D eigenvalue weighted by Gasteiger charge is 1.98.